The monoisotopic (exact) mass is 182 g/mol. The fraction of sp³-hybridized carbons (Fsp3) is 0.875. The molecule has 0 aliphatic heterocycles. The van der Waals surface area contributed by atoms with Gasteiger partial charge in [-0.05, 0) is 13.3 Å². The maximum Gasteiger partial charge on any atom is 1.00 e. The van der Waals surface area contributed by atoms with E-state index < -0.39 is 11.6 Å². The average Bonchev–Trinajstić information content (AvgIpc) is 1.88. The van der Waals surface area contributed by atoms with Gasteiger partial charge in [0.1, 0.15) is 5.60 Å². The van der Waals surface area contributed by atoms with Crippen molar-refractivity contribution in [1.29, 1.82) is 0 Å². The van der Waals surface area contributed by atoms with Gasteiger partial charge in [0.25, 0.3) is 0 Å². The maximum atomic E-state index is 10.3. The van der Waals surface area contributed by atoms with Crippen molar-refractivity contribution in [2.75, 3.05) is 0 Å². The number of carboxylic acids is 1. The Bertz CT molecular complexity index is 134. The largest absolute Gasteiger partial charge is 1.00 e. The van der Waals surface area contributed by atoms with Crippen LogP contribution < -0.4 is 34.7 Å². The molecule has 66 valence electrons. The Kier molecular flexibility index (Phi) is 8.58. The molecule has 0 spiro atoms. The summed E-state index contributed by atoms with van der Waals surface area (Å²) in [5.41, 5.74) is -1.64. The summed E-state index contributed by atoms with van der Waals surface area (Å²) in [5, 5.41) is 19.4. The van der Waals surface area contributed by atoms with Crippen LogP contribution >= 0.6 is 0 Å². The number of rotatable bonds is 5. The van der Waals surface area contributed by atoms with E-state index in [9.17, 15) is 9.90 Å². The van der Waals surface area contributed by atoms with E-state index >= 15 is 0 Å². The fourth-order valence-corrected chi connectivity index (χ4v) is 0.821. The molecule has 0 aliphatic rings. The molecule has 0 heterocycles. The fourth-order valence-electron chi connectivity index (χ4n) is 0.821. The molecule has 0 aromatic rings. The van der Waals surface area contributed by atoms with E-state index in [-0.39, 0.29) is 36.0 Å². The molecule has 0 aromatic carbocycles. The molecule has 0 saturated heterocycles. The second-order valence-electron chi connectivity index (χ2n) is 3.02. The first-order chi connectivity index (χ1) is 5.00. The Balaban J connectivity index is 0. The quantitative estimate of drug-likeness (QED) is 0.366. The van der Waals surface area contributed by atoms with Crippen molar-refractivity contribution in [2.45, 2.75) is 45.1 Å². The molecule has 0 saturated carbocycles. The molecule has 1 N–H and O–H groups in total. The van der Waals surface area contributed by atoms with Gasteiger partial charge >= 0.3 is 29.6 Å². The molecule has 1 unspecified atom stereocenters. The van der Waals surface area contributed by atoms with Gasteiger partial charge in [0, 0.05) is 0 Å². The molecule has 4 heteroatoms. The van der Waals surface area contributed by atoms with Gasteiger partial charge in [-0.25, -0.2) is 0 Å². The molecule has 0 amide bonds. The van der Waals surface area contributed by atoms with Gasteiger partial charge in [0.2, 0.25) is 0 Å². The Morgan fingerprint density at radius 1 is 1.50 bits per heavy atom. The van der Waals surface area contributed by atoms with Crippen LogP contribution in [0.25, 0.3) is 0 Å². The summed E-state index contributed by atoms with van der Waals surface area (Å²) in [4.78, 5) is 10.3. The van der Waals surface area contributed by atoms with Crippen molar-refractivity contribution in [3.8, 4) is 0 Å². The van der Waals surface area contributed by atoms with Gasteiger partial charge in [-0.1, -0.05) is 26.2 Å². The molecule has 0 rings (SSSR count). The number of aliphatic carboxylic acids is 1. The maximum absolute atomic E-state index is 10.3. The molecule has 0 radical (unpaired) electrons. The molecule has 1 atom stereocenters. The minimum absolute atomic E-state index is 0. The minimum Gasteiger partial charge on any atom is -0.547 e. The van der Waals surface area contributed by atoms with Gasteiger partial charge in [-0.2, -0.15) is 0 Å². The molecular weight excluding hydrogens is 167 g/mol. The minimum atomic E-state index is -1.64. The number of hydrogen-bond acceptors (Lipinski definition) is 3. The molecule has 3 nitrogen and oxygen atoms in total. The third-order valence-corrected chi connectivity index (χ3v) is 1.71. The summed E-state index contributed by atoms with van der Waals surface area (Å²) in [7, 11) is 0. The standard InChI is InChI=1S/C8H16O3.Na/c1-3-4-5-6-8(2,11)7(9)10;/h11H,3-6H2,1-2H3,(H,9,10);/q;+1/p-1. The molecule has 0 bridgehead atoms. The van der Waals surface area contributed by atoms with Gasteiger partial charge in [0.15, 0.2) is 0 Å². The first-order valence-corrected chi connectivity index (χ1v) is 3.94. The van der Waals surface area contributed by atoms with E-state index in [1.807, 2.05) is 6.92 Å². The Hall–Kier alpha value is 0.430. The van der Waals surface area contributed by atoms with E-state index in [0.717, 1.165) is 19.3 Å². The van der Waals surface area contributed by atoms with Crippen LogP contribution in [0.1, 0.15) is 39.5 Å². The van der Waals surface area contributed by atoms with Crippen LogP contribution in [-0.2, 0) is 4.79 Å². The zero-order valence-electron chi connectivity index (χ0n) is 8.09. The normalized spacial score (nSPS) is 14.6. The summed E-state index contributed by atoms with van der Waals surface area (Å²) in [6.45, 7) is 3.30. The van der Waals surface area contributed by atoms with Crippen LogP contribution in [0.5, 0.6) is 0 Å². The van der Waals surface area contributed by atoms with Crippen molar-refractivity contribution in [3.05, 3.63) is 0 Å². The van der Waals surface area contributed by atoms with E-state index in [2.05, 4.69) is 0 Å². The second-order valence-corrected chi connectivity index (χ2v) is 3.02. The predicted molar refractivity (Wildman–Crippen MR) is 39.8 cm³/mol. The van der Waals surface area contributed by atoms with Gasteiger partial charge in [-0.3, -0.25) is 0 Å². The van der Waals surface area contributed by atoms with Gasteiger partial charge < -0.3 is 15.0 Å². The summed E-state index contributed by atoms with van der Waals surface area (Å²) >= 11 is 0. The van der Waals surface area contributed by atoms with Crippen molar-refractivity contribution in [2.24, 2.45) is 0 Å². The molecule has 0 fully saturated rings. The van der Waals surface area contributed by atoms with Crippen LogP contribution in [0.2, 0.25) is 0 Å². The summed E-state index contributed by atoms with van der Waals surface area (Å²) in [5.74, 6) is -1.38. The van der Waals surface area contributed by atoms with Crippen LogP contribution in [0, 0.1) is 0 Å². The summed E-state index contributed by atoms with van der Waals surface area (Å²) < 4.78 is 0. The molecule has 12 heavy (non-hydrogen) atoms. The van der Waals surface area contributed by atoms with E-state index in [1.165, 1.54) is 6.92 Å². The number of aliphatic hydroxyl groups is 1. The second kappa shape index (κ2) is 6.89. The molecule has 0 aliphatic carbocycles. The Morgan fingerprint density at radius 3 is 2.33 bits per heavy atom. The van der Waals surface area contributed by atoms with Crippen LogP contribution in [0.3, 0.4) is 0 Å². The summed E-state index contributed by atoms with van der Waals surface area (Å²) in [6, 6.07) is 0. The number of carboxylic acid groups (broad SMARTS) is 1. The first kappa shape index (κ1) is 14.9. The van der Waals surface area contributed by atoms with E-state index in [1.54, 1.807) is 0 Å². The van der Waals surface area contributed by atoms with Crippen molar-refractivity contribution >= 4 is 5.97 Å². The van der Waals surface area contributed by atoms with Crippen LogP contribution in [0.15, 0.2) is 0 Å². The molecular formula is C8H15NaO3. The third-order valence-electron chi connectivity index (χ3n) is 1.71. The SMILES string of the molecule is CCCCCC(C)(O)C(=O)[O-].[Na+]. The predicted octanol–water partition coefficient (Wildman–Crippen LogP) is -2.93. The third kappa shape index (κ3) is 6.00. The van der Waals surface area contributed by atoms with Crippen molar-refractivity contribution in [1.82, 2.24) is 0 Å². The smallest absolute Gasteiger partial charge is 0.547 e. The van der Waals surface area contributed by atoms with Crippen LogP contribution in [-0.4, -0.2) is 16.7 Å². The number of carbonyl (C=O) groups is 1. The van der Waals surface area contributed by atoms with Crippen LogP contribution in [0.4, 0.5) is 0 Å². The number of carbonyl (C=O) groups excluding carboxylic acids is 1. The number of unbranched alkanes of at least 4 members (excludes halogenated alkanes) is 2. The zero-order chi connectivity index (χ0) is 8.91. The van der Waals surface area contributed by atoms with E-state index in [4.69, 9.17) is 5.11 Å². The Labute approximate surface area is 95.5 Å². The number of hydrogen-bond donors (Lipinski definition) is 1. The van der Waals surface area contributed by atoms with Crippen molar-refractivity contribution in [3.63, 3.8) is 0 Å². The summed E-state index contributed by atoms with van der Waals surface area (Å²) in [6.07, 6.45) is 2.98. The topological polar surface area (TPSA) is 60.4 Å². The van der Waals surface area contributed by atoms with Gasteiger partial charge in [-0.15, -0.1) is 0 Å². The van der Waals surface area contributed by atoms with E-state index in [0.29, 0.717) is 0 Å². The van der Waals surface area contributed by atoms with Crippen molar-refractivity contribution < 1.29 is 44.6 Å². The Morgan fingerprint density at radius 2 is 2.00 bits per heavy atom. The first-order valence-electron chi connectivity index (χ1n) is 3.94. The zero-order valence-corrected chi connectivity index (χ0v) is 10.1. The molecule has 0 aromatic heterocycles. The van der Waals surface area contributed by atoms with Gasteiger partial charge in [0.05, 0.1) is 5.97 Å². The average molecular weight is 182 g/mol.